The van der Waals surface area contributed by atoms with Gasteiger partial charge in [-0.05, 0) is 25.5 Å². The topological polar surface area (TPSA) is 48.5 Å². The van der Waals surface area contributed by atoms with Crippen molar-refractivity contribution in [2.75, 3.05) is 38.5 Å². The molecular weight excluding hydrogens is 288 g/mol. The van der Waals surface area contributed by atoms with E-state index in [9.17, 15) is 4.79 Å². The van der Waals surface area contributed by atoms with Gasteiger partial charge in [-0.3, -0.25) is 9.69 Å². The molecule has 1 saturated heterocycles. The van der Waals surface area contributed by atoms with Crippen LogP contribution < -0.4 is 5.32 Å². The van der Waals surface area contributed by atoms with Gasteiger partial charge in [-0.25, -0.2) is 4.98 Å². The predicted molar refractivity (Wildman–Crippen MR) is 86.0 cm³/mol. The molecule has 0 aliphatic carbocycles. The lowest BCUT2D eigenvalue weighted by molar-refractivity contribution is 0.0574. The highest BCUT2D eigenvalue weighted by molar-refractivity contribution is 6.33. The number of hydrogen-bond acceptors (Lipinski definition) is 4. The quantitative estimate of drug-likeness (QED) is 0.927. The van der Waals surface area contributed by atoms with E-state index in [-0.39, 0.29) is 5.91 Å². The number of hydrogen-bond donors (Lipinski definition) is 1. The first-order valence-electron chi connectivity index (χ1n) is 7.44. The Balaban J connectivity index is 2.05. The number of aromatic nitrogens is 1. The van der Waals surface area contributed by atoms with Crippen molar-refractivity contribution in [2.45, 2.75) is 26.3 Å². The molecular formula is C15H23ClN4O. The summed E-state index contributed by atoms with van der Waals surface area (Å²) in [7, 11) is 1.77. The van der Waals surface area contributed by atoms with Gasteiger partial charge < -0.3 is 10.2 Å². The number of piperazine rings is 1. The molecule has 116 valence electrons. The van der Waals surface area contributed by atoms with Gasteiger partial charge in [-0.1, -0.05) is 18.5 Å². The number of amides is 1. The fourth-order valence-electron chi connectivity index (χ4n) is 2.51. The van der Waals surface area contributed by atoms with Crippen LogP contribution in [0.15, 0.2) is 12.1 Å². The number of nitrogens with one attached hydrogen (secondary N) is 1. The Labute approximate surface area is 131 Å². The van der Waals surface area contributed by atoms with Crippen LogP contribution in [0, 0.1) is 0 Å². The van der Waals surface area contributed by atoms with Crippen molar-refractivity contribution in [2.24, 2.45) is 0 Å². The van der Waals surface area contributed by atoms with Crippen molar-refractivity contribution in [3.63, 3.8) is 0 Å². The molecule has 0 radical (unpaired) electrons. The molecule has 1 unspecified atom stereocenters. The molecule has 0 aromatic carbocycles. The summed E-state index contributed by atoms with van der Waals surface area (Å²) in [5, 5.41) is 3.34. The van der Waals surface area contributed by atoms with Crippen molar-refractivity contribution in [1.82, 2.24) is 14.8 Å². The molecule has 0 spiro atoms. The first-order valence-corrected chi connectivity index (χ1v) is 7.82. The standard InChI is InChI=1S/C15H23ClN4O/c1-4-11(2)19-7-9-20(10-8-19)15(21)14-12(16)5-6-13(17-3)18-14/h5-6,11H,4,7-10H2,1-3H3,(H,17,18). The summed E-state index contributed by atoms with van der Waals surface area (Å²) in [6, 6.07) is 4.04. The number of pyridine rings is 1. The van der Waals surface area contributed by atoms with Crippen molar-refractivity contribution < 1.29 is 4.79 Å². The molecule has 1 atom stereocenters. The fraction of sp³-hybridized carbons (Fsp3) is 0.600. The van der Waals surface area contributed by atoms with Gasteiger partial charge in [0.1, 0.15) is 11.5 Å². The highest BCUT2D eigenvalue weighted by Gasteiger charge is 2.26. The number of carbonyl (C=O) groups excluding carboxylic acids is 1. The van der Waals surface area contributed by atoms with E-state index < -0.39 is 0 Å². The molecule has 1 aliphatic heterocycles. The average Bonchev–Trinajstić information content (AvgIpc) is 2.54. The van der Waals surface area contributed by atoms with Crippen LogP contribution in [-0.4, -0.2) is 60.0 Å². The van der Waals surface area contributed by atoms with Crippen LogP contribution in [0.5, 0.6) is 0 Å². The maximum Gasteiger partial charge on any atom is 0.274 e. The van der Waals surface area contributed by atoms with E-state index in [0.29, 0.717) is 22.6 Å². The molecule has 1 fully saturated rings. The van der Waals surface area contributed by atoms with Crippen LogP contribution in [0.2, 0.25) is 5.02 Å². The Morgan fingerprint density at radius 2 is 2.05 bits per heavy atom. The Kier molecular flexibility index (Phi) is 5.42. The summed E-state index contributed by atoms with van der Waals surface area (Å²) >= 11 is 6.12. The van der Waals surface area contributed by atoms with E-state index in [2.05, 4.69) is 29.0 Å². The zero-order valence-corrected chi connectivity index (χ0v) is 13.7. The lowest BCUT2D eigenvalue weighted by atomic mass is 10.2. The zero-order chi connectivity index (χ0) is 15.4. The number of rotatable bonds is 4. The van der Waals surface area contributed by atoms with Crippen LogP contribution in [-0.2, 0) is 0 Å². The van der Waals surface area contributed by atoms with Gasteiger partial charge in [0.05, 0.1) is 5.02 Å². The third kappa shape index (κ3) is 3.66. The molecule has 0 bridgehead atoms. The predicted octanol–water partition coefficient (Wildman–Crippen LogP) is 2.33. The number of carbonyl (C=O) groups is 1. The molecule has 1 aliphatic rings. The smallest absolute Gasteiger partial charge is 0.274 e. The van der Waals surface area contributed by atoms with Crippen LogP contribution in [0.3, 0.4) is 0 Å². The lowest BCUT2D eigenvalue weighted by Crippen LogP contribution is -2.51. The Morgan fingerprint density at radius 1 is 1.38 bits per heavy atom. The monoisotopic (exact) mass is 310 g/mol. The van der Waals surface area contributed by atoms with Gasteiger partial charge in [0.15, 0.2) is 0 Å². The van der Waals surface area contributed by atoms with Gasteiger partial charge in [-0.15, -0.1) is 0 Å². The first-order chi connectivity index (χ1) is 10.1. The third-order valence-electron chi connectivity index (χ3n) is 4.12. The second-order valence-electron chi connectivity index (χ2n) is 5.36. The molecule has 21 heavy (non-hydrogen) atoms. The van der Waals surface area contributed by atoms with Crippen LogP contribution in [0.1, 0.15) is 30.8 Å². The minimum atomic E-state index is -0.0825. The third-order valence-corrected chi connectivity index (χ3v) is 4.43. The molecule has 6 heteroatoms. The van der Waals surface area contributed by atoms with Gasteiger partial charge in [0, 0.05) is 39.3 Å². The molecule has 2 rings (SSSR count). The largest absolute Gasteiger partial charge is 0.373 e. The van der Waals surface area contributed by atoms with E-state index in [1.807, 2.05) is 4.90 Å². The van der Waals surface area contributed by atoms with Crippen LogP contribution >= 0.6 is 11.6 Å². The molecule has 5 nitrogen and oxygen atoms in total. The van der Waals surface area contributed by atoms with E-state index in [1.54, 1.807) is 19.2 Å². The van der Waals surface area contributed by atoms with E-state index in [1.165, 1.54) is 0 Å². The van der Waals surface area contributed by atoms with Gasteiger partial charge >= 0.3 is 0 Å². The summed E-state index contributed by atoms with van der Waals surface area (Å²) in [6.07, 6.45) is 1.13. The minimum absolute atomic E-state index is 0.0825. The molecule has 0 saturated carbocycles. The molecule has 1 aromatic heterocycles. The van der Waals surface area contributed by atoms with E-state index in [0.717, 1.165) is 32.6 Å². The van der Waals surface area contributed by atoms with Gasteiger partial charge in [0.2, 0.25) is 0 Å². The molecule has 2 heterocycles. The average molecular weight is 311 g/mol. The maximum absolute atomic E-state index is 12.6. The van der Waals surface area contributed by atoms with Crippen molar-refractivity contribution in [3.05, 3.63) is 22.8 Å². The second kappa shape index (κ2) is 7.09. The molecule has 1 aromatic rings. The van der Waals surface area contributed by atoms with Gasteiger partial charge in [-0.2, -0.15) is 0 Å². The summed E-state index contributed by atoms with van der Waals surface area (Å²) in [5.41, 5.74) is 0.334. The first kappa shape index (κ1) is 16.0. The maximum atomic E-state index is 12.6. The van der Waals surface area contributed by atoms with Crippen LogP contribution in [0.4, 0.5) is 5.82 Å². The van der Waals surface area contributed by atoms with Crippen LogP contribution in [0.25, 0.3) is 0 Å². The second-order valence-corrected chi connectivity index (χ2v) is 5.77. The van der Waals surface area contributed by atoms with Gasteiger partial charge in [0.25, 0.3) is 5.91 Å². The Morgan fingerprint density at radius 3 is 2.62 bits per heavy atom. The SMILES string of the molecule is CCC(C)N1CCN(C(=O)c2nc(NC)ccc2Cl)CC1. The summed E-state index contributed by atoms with van der Waals surface area (Å²) in [4.78, 5) is 21.1. The fourth-order valence-corrected chi connectivity index (χ4v) is 2.69. The number of halogens is 1. The van der Waals surface area contributed by atoms with E-state index in [4.69, 9.17) is 11.6 Å². The van der Waals surface area contributed by atoms with Crippen molar-refractivity contribution in [1.29, 1.82) is 0 Å². The summed E-state index contributed by atoms with van der Waals surface area (Å²) in [5.74, 6) is 0.571. The van der Waals surface area contributed by atoms with Crippen molar-refractivity contribution in [3.8, 4) is 0 Å². The Hall–Kier alpha value is -1.33. The summed E-state index contributed by atoms with van der Waals surface area (Å²) in [6.45, 7) is 7.69. The van der Waals surface area contributed by atoms with E-state index >= 15 is 0 Å². The highest BCUT2D eigenvalue weighted by atomic mass is 35.5. The highest BCUT2D eigenvalue weighted by Crippen LogP contribution is 2.19. The summed E-state index contributed by atoms with van der Waals surface area (Å²) < 4.78 is 0. The lowest BCUT2D eigenvalue weighted by Gasteiger charge is -2.37. The van der Waals surface area contributed by atoms with Crippen molar-refractivity contribution >= 4 is 23.3 Å². The Bertz CT molecular complexity index is 500. The molecule has 1 N–H and O–H groups in total. The number of nitrogens with zero attached hydrogens (tertiary/aromatic N) is 3. The molecule has 1 amide bonds. The zero-order valence-electron chi connectivity index (χ0n) is 12.9. The minimum Gasteiger partial charge on any atom is -0.373 e. The number of anilines is 1. The normalized spacial score (nSPS) is 17.6.